The van der Waals surface area contributed by atoms with Crippen molar-refractivity contribution < 1.29 is 9.53 Å². The molecule has 108 valence electrons. The van der Waals surface area contributed by atoms with E-state index in [9.17, 15) is 4.79 Å². The van der Waals surface area contributed by atoms with Crippen LogP contribution in [0.15, 0.2) is 30.3 Å². The van der Waals surface area contributed by atoms with Crippen LogP contribution in [0.2, 0.25) is 5.02 Å². The molecule has 0 atom stereocenters. The Bertz CT molecular complexity index is 698. The van der Waals surface area contributed by atoms with Crippen molar-refractivity contribution in [1.29, 1.82) is 0 Å². The fourth-order valence-electron chi connectivity index (χ4n) is 2.60. The number of carbonyl (C=O) groups is 1. The number of hydrogen-bond donors (Lipinski definition) is 1. The molecule has 0 spiro atoms. The van der Waals surface area contributed by atoms with Crippen LogP contribution in [0.25, 0.3) is 11.6 Å². The minimum atomic E-state index is -0.294. The predicted octanol–water partition coefficient (Wildman–Crippen LogP) is 4.33. The minimum absolute atomic E-state index is 0.294. The highest BCUT2D eigenvalue weighted by Crippen LogP contribution is 2.34. The Kier molecular flexibility index (Phi) is 3.84. The molecule has 1 heterocycles. The number of fused-ring (bicyclic) bond motifs is 1. The number of carbonyl (C=O) groups excluding carboxylic acids is 1. The SMILES string of the molecule is CCOC(=O)c1cc2c([nH]1)CCC2=Cc1ccc(Cl)cc1. The zero-order valence-corrected chi connectivity index (χ0v) is 12.5. The summed E-state index contributed by atoms with van der Waals surface area (Å²) in [6.45, 7) is 2.19. The Balaban J connectivity index is 1.89. The van der Waals surface area contributed by atoms with Crippen LogP contribution in [-0.4, -0.2) is 17.6 Å². The number of aromatic amines is 1. The maximum Gasteiger partial charge on any atom is 0.354 e. The van der Waals surface area contributed by atoms with Gasteiger partial charge in [-0.2, -0.15) is 0 Å². The number of ether oxygens (including phenoxy) is 1. The topological polar surface area (TPSA) is 42.1 Å². The van der Waals surface area contributed by atoms with Crippen LogP contribution in [0.5, 0.6) is 0 Å². The molecule has 1 N–H and O–H groups in total. The fourth-order valence-corrected chi connectivity index (χ4v) is 2.73. The van der Waals surface area contributed by atoms with Crippen LogP contribution in [0.3, 0.4) is 0 Å². The van der Waals surface area contributed by atoms with Crippen LogP contribution in [0, 0.1) is 0 Å². The molecule has 0 amide bonds. The van der Waals surface area contributed by atoms with Gasteiger partial charge in [0, 0.05) is 10.7 Å². The summed E-state index contributed by atoms with van der Waals surface area (Å²) in [5, 5.41) is 0.732. The average molecular weight is 302 g/mol. The van der Waals surface area contributed by atoms with E-state index in [1.165, 1.54) is 5.57 Å². The molecule has 0 radical (unpaired) electrons. The number of allylic oxidation sites excluding steroid dienone is 1. The Morgan fingerprint density at radius 3 is 2.81 bits per heavy atom. The lowest BCUT2D eigenvalue weighted by molar-refractivity contribution is 0.0520. The highest BCUT2D eigenvalue weighted by molar-refractivity contribution is 6.30. The van der Waals surface area contributed by atoms with Crippen molar-refractivity contribution in [3.8, 4) is 0 Å². The summed E-state index contributed by atoms with van der Waals surface area (Å²) in [7, 11) is 0. The maximum absolute atomic E-state index is 11.8. The van der Waals surface area contributed by atoms with E-state index >= 15 is 0 Å². The molecule has 1 aliphatic rings. The molecular weight excluding hydrogens is 286 g/mol. The van der Waals surface area contributed by atoms with Crippen molar-refractivity contribution in [2.75, 3.05) is 6.61 Å². The molecule has 1 aromatic carbocycles. The second-order valence-electron chi connectivity index (χ2n) is 5.02. The standard InChI is InChI=1S/C17H16ClNO2/c1-2-21-17(20)16-10-14-12(5-8-15(14)19-16)9-11-3-6-13(18)7-4-11/h3-4,6-7,9-10,19H,2,5,8H2,1H3. The monoisotopic (exact) mass is 301 g/mol. The highest BCUT2D eigenvalue weighted by Gasteiger charge is 2.22. The first-order valence-electron chi connectivity index (χ1n) is 7.03. The Hall–Kier alpha value is -2.00. The Morgan fingerprint density at radius 1 is 1.33 bits per heavy atom. The van der Waals surface area contributed by atoms with Gasteiger partial charge in [0.2, 0.25) is 0 Å². The van der Waals surface area contributed by atoms with E-state index in [1.807, 2.05) is 30.3 Å². The summed E-state index contributed by atoms with van der Waals surface area (Å²) >= 11 is 5.90. The van der Waals surface area contributed by atoms with Gasteiger partial charge in [-0.25, -0.2) is 4.79 Å². The number of halogens is 1. The molecular formula is C17H16ClNO2. The van der Waals surface area contributed by atoms with Crippen LogP contribution in [0.1, 0.15) is 40.7 Å². The third-order valence-electron chi connectivity index (χ3n) is 3.60. The molecule has 0 aliphatic heterocycles. The van der Waals surface area contributed by atoms with Crippen LogP contribution in [-0.2, 0) is 11.2 Å². The summed E-state index contributed by atoms with van der Waals surface area (Å²) in [5.41, 5.74) is 5.11. The van der Waals surface area contributed by atoms with Gasteiger partial charge < -0.3 is 9.72 Å². The van der Waals surface area contributed by atoms with E-state index in [2.05, 4.69) is 11.1 Å². The van der Waals surface area contributed by atoms with Crippen molar-refractivity contribution in [3.63, 3.8) is 0 Å². The van der Waals surface area contributed by atoms with E-state index in [-0.39, 0.29) is 5.97 Å². The summed E-state index contributed by atoms with van der Waals surface area (Å²) in [6, 6.07) is 9.64. The van der Waals surface area contributed by atoms with Crippen molar-refractivity contribution in [3.05, 3.63) is 57.9 Å². The molecule has 0 saturated carbocycles. The zero-order chi connectivity index (χ0) is 14.8. The normalized spacial score (nSPS) is 15.2. The Morgan fingerprint density at radius 2 is 2.10 bits per heavy atom. The maximum atomic E-state index is 11.8. The average Bonchev–Trinajstić information content (AvgIpc) is 3.03. The first-order chi connectivity index (χ1) is 10.2. The van der Waals surface area contributed by atoms with Gasteiger partial charge in [0.1, 0.15) is 5.69 Å². The molecule has 2 aromatic rings. The molecule has 0 fully saturated rings. The first-order valence-corrected chi connectivity index (χ1v) is 7.40. The van der Waals surface area contributed by atoms with Gasteiger partial charge in [0.05, 0.1) is 6.61 Å². The van der Waals surface area contributed by atoms with Gasteiger partial charge in [0.15, 0.2) is 0 Å². The second kappa shape index (κ2) is 5.78. The van der Waals surface area contributed by atoms with Crippen molar-refractivity contribution in [2.24, 2.45) is 0 Å². The molecule has 1 aliphatic carbocycles. The summed E-state index contributed by atoms with van der Waals surface area (Å²) in [5.74, 6) is -0.294. The molecule has 0 bridgehead atoms. The number of aromatic nitrogens is 1. The van der Waals surface area contributed by atoms with Gasteiger partial charge >= 0.3 is 5.97 Å². The van der Waals surface area contributed by atoms with E-state index < -0.39 is 0 Å². The lowest BCUT2D eigenvalue weighted by Gasteiger charge is -2.00. The fraction of sp³-hybridized carbons (Fsp3) is 0.235. The number of hydrogen-bond acceptors (Lipinski definition) is 2. The number of esters is 1. The lowest BCUT2D eigenvalue weighted by atomic mass is 10.1. The van der Waals surface area contributed by atoms with Crippen molar-refractivity contribution in [2.45, 2.75) is 19.8 Å². The molecule has 0 unspecified atom stereocenters. The van der Waals surface area contributed by atoms with Gasteiger partial charge in [-0.05, 0) is 54.7 Å². The number of nitrogens with one attached hydrogen (secondary N) is 1. The van der Waals surface area contributed by atoms with Crippen LogP contribution >= 0.6 is 11.6 Å². The van der Waals surface area contributed by atoms with Crippen molar-refractivity contribution >= 4 is 29.2 Å². The molecule has 1 aromatic heterocycles. The second-order valence-corrected chi connectivity index (χ2v) is 5.45. The van der Waals surface area contributed by atoms with E-state index in [1.54, 1.807) is 6.92 Å². The van der Waals surface area contributed by atoms with Crippen LogP contribution < -0.4 is 0 Å². The first kappa shape index (κ1) is 14.0. The van der Waals surface area contributed by atoms with Gasteiger partial charge in [-0.3, -0.25) is 0 Å². The van der Waals surface area contributed by atoms with E-state index in [0.29, 0.717) is 12.3 Å². The summed E-state index contributed by atoms with van der Waals surface area (Å²) in [4.78, 5) is 14.9. The highest BCUT2D eigenvalue weighted by atomic mass is 35.5. The third-order valence-corrected chi connectivity index (χ3v) is 3.85. The number of benzene rings is 1. The quantitative estimate of drug-likeness (QED) is 0.857. The van der Waals surface area contributed by atoms with E-state index in [4.69, 9.17) is 16.3 Å². The number of aryl methyl sites for hydroxylation is 1. The van der Waals surface area contributed by atoms with Crippen molar-refractivity contribution in [1.82, 2.24) is 4.98 Å². The third kappa shape index (κ3) is 2.88. The predicted molar refractivity (Wildman–Crippen MR) is 84.4 cm³/mol. The minimum Gasteiger partial charge on any atom is -0.461 e. The summed E-state index contributed by atoms with van der Waals surface area (Å²) in [6.07, 6.45) is 4.05. The van der Waals surface area contributed by atoms with Gasteiger partial charge in [-0.15, -0.1) is 0 Å². The Labute approximate surface area is 128 Å². The summed E-state index contributed by atoms with van der Waals surface area (Å²) < 4.78 is 5.03. The smallest absolute Gasteiger partial charge is 0.354 e. The van der Waals surface area contributed by atoms with Gasteiger partial charge in [0.25, 0.3) is 0 Å². The molecule has 3 rings (SSSR count). The molecule has 0 saturated heterocycles. The molecule has 3 nitrogen and oxygen atoms in total. The largest absolute Gasteiger partial charge is 0.461 e. The molecule has 21 heavy (non-hydrogen) atoms. The van der Waals surface area contributed by atoms with Gasteiger partial charge in [-0.1, -0.05) is 29.8 Å². The zero-order valence-electron chi connectivity index (χ0n) is 11.8. The number of rotatable bonds is 3. The van der Waals surface area contributed by atoms with E-state index in [0.717, 1.165) is 34.7 Å². The molecule has 4 heteroatoms. The van der Waals surface area contributed by atoms with Crippen LogP contribution in [0.4, 0.5) is 0 Å². The number of H-pyrrole nitrogens is 1. The lowest BCUT2D eigenvalue weighted by Crippen LogP contribution is -2.05.